The molecule has 0 amide bonds. The van der Waals surface area contributed by atoms with Crippen LogP contribution >= 0.6 is 31.9 Å². The second kappa shape index (κ2) is 3.26. The Hall–Kier alpha value is -0.220. The van der Waals surface area contributed by atoms with E-state index in [-0.39, 0.29) is 0 Å². The molecule has 0 spiro atoms. The molecule has 1 aliphatic heterocycles. The molecule has 4 heteroatoms. The first-order chi connectivity index (χ1) is 5.77. The lowest BCUT2D eigenvalue weighted by atomic mass is 10.3. The molecule has 1 aromatic rings. The topological polar surface area (TPSA) is 18.5 Å². The maximum Gasteiger partial charge on any atom is 0.175 e. The standard InChI is InChI=1S/C8H6Br2O2/c9-5-3-6(10)8-7(4-5)11-1-2-12-8/h3-4H,1-2H2. The molecule has 64 valence electrons. The van der Waals surface area contributed by atoms with Crippen LogP contribution in [0.4, 0.5) is 0 Å². The van der Waals surface area contributed by atoms with Crippen LogP contribution in [0, 0.1) is 0 Å². The van der Waals surface area contributed by atoms with Crippen molar-refractivity contribution < 1.29 is 9.47 Å². The molecule has 0 unspecified atom stereocenters. The third kappa shape index (κ3) is 1.45. The van der Waals surface area contributed by atoms with E-state index in [0.717, 1.165) is 20.4 Å². The van der Waals surface area contributed by atoms with Crippen molar-refractivity contribution in [3.05, 3.63) is 21.1 Å². The number of hydrogen-bond acceptors (Lipinski definition) is 2. The third-order valence-electron chi connectivity index (χ3n) is 1.56. The Bertz CT molecular complexity index is 312. The number of hydrogen-bond donors (Lipinski definition) is 0. The van der Waals surface area contributed by atoms with Gasteiger partial charge in [0.25, 0.3) is 0 Å². The van der Waals surface area contributed by atoms with Gasteiger partial charge in [0.1, 0.15) is 13.2 Å². The van der Waals surface area contributed by atoms with E-state index in [9.17, 15) is 0 Å². The molecule has 0 saturated heterocycles. The minimum absolute atomic E-state index is 0.618. The van der Waals surface area contributed by atoms with Gasteiger partial charge in [0.05, 0.1) is 4.47 Å². The molecule has 0 atom stereocenters. The lowest BCUT2D eigenvalue weighted by Crippen LogP contribution is -2.15. The number of halogens is 2. The summed E-state index contributed by atoms with van der Waals surface area (Å²) >= 11 is 6.77. The second-order valence-electron chi connectivity index (χ2n) is 2.41. The molecule has 1 aromatic carbocycles. The monoisotopic (exact) mass is 292 g/mol. The molecule has 1 heterocycles. The summed E-state index contributed by atoms with van der Waals surface area (Å²) in [4.78, 5) is 0. The summed E-state index contributed by atoms with van der Waals surface area (Å²) in [7, 11) is 0. The Labute approximate surface area is 87.1 Å². The normalized spacial score (nSPS) is 14.5. The van der Waals surface area contributed by atoms with E-state index in [4.69, 9.17) is 9.47 Å². The van der Waals surface area contributed by atoms with Gasteiger partial charge < -0.3 is 9.47 Å². The molecule has 0 radical (unpaired) electrons. The van der Waals surface area contributed by atoms with Crippen LogP contribution in [0.3, 0.4) is 0 Å². The van der Waals surface area contributed by atoms with Gasteiger partial charge in [0.15, 0.2) is 11.5 Å². The van der Waals surface area contributed by atoms with Gasteiger partial charge in [0, 0.05) is 4.47 Å². The Morgan fingerprint density at radius 2 is 1.83 bits per heavy atom. The summed E-state index contributed by atoms with van der Waals surface area (Å²) in [6.45, 7) is 1.24. The first-order valence-corrected chi connectivity index (χ1v) is 5.10. The van der Waals surface area contributed by atoms with E-state index >= 15 is 0 Å². The van der Waals surface area contributed by atoms with Crippen molar-refractivity contribution in [1.82, 2.24) is 0 Å². The van der Waals surface area contributed by atoms with Crippen molar-refractivity contribution in [2.75, 3.05) is 13.2 Å². The van der Waals surface area contributed by atoms with E-state index in [1.165, 1.54) is 0 Å². The van der Waals surface area contributed by atoms with Crippen LogP contribution in [0.2, 0.25) is 0 Å². The van der Waals surface area contributed by atoms with Gasteiger partial charge in [0.2, 0.25) is 0 Å². The average molecular weight is 294 g/mol. The molecule has 0 aliphatic carbocycles. The van der Waals surface area contributed by atoms with Gasteiger partial charge >= 0.3 is 0 Å². The van der Waals surface area contributed by atoms with E-state index in [1.54, 1.807) is 0 Å². The number of ether oxygens (including phenoxy) is 2. The lowest BCUT2D eigenvalue weighted by molar-refractivity contribution is 0.170. The van der Waals surface area contributed by atoms with Crippen molar-refractivity contribution >= 4 is 31.9 Å². The molecular formula is C8H6Br2O2. The molecule has 0 aromatic heterocycles. The maximum atomic E-state index is 5.42. The second-order valence-corrected chi connectivity index (χ2v) is 4.18. The smallest absolute Gasteiger partial charge is 0.175 e. The highest BCUT2D eigenvalue weighted by molar-refractivity contribution is 9.11. The van der Waals surface area contributed by atoms with Crippen LogP contribution in [-0.2, 0) is 0 Å². The predicted octanol–water partition coefficient (Wildman–Crippen LogP) is 2.98. The van der Waals surface area contributed by atoms with Gasteiger partial charge in [-0.1, -0.05) is 15.9 Å². The predicted molar refractivity (Wildman–Crippen MR) is 52.8 cm³/mol. The quantitative estimate of drug-likeness (QED) is 0.732. The van der Waals surface area contributed by atoms with E-state index in [2.05, 4.69) is 31.9 Å². The van der Waals surface area contributed by atoms with Crippen LogP contribution in [0.25, 0.3) is 0 Å². The number of rotatable bonds is 0. The first kappa shape index (κ1) is 8.38. The van der Waals surface area contributed by atoms with Gasteiger partial charge in [-0.25, -0.2) is 0 Å². The first-order valence-electron chi connectivity index (χ1n) is 3.52. The van der Waals surface area contributed by atoms with Gasteiger partial charge in [-0.3, -0.25) is 0 Å². The molecule has 0 N–H and O–H groups in total. The fourth-order valence-corrected chi connectivity index (χ4v) is 2.38. The highest BCUT2D eigenvalue weighted by Crippen LogP contribution is 2.39. The van der Waals surface area contributed by atoms with E-state index < -0.39 is 0 Å². The number of benzene rings is 1. The van der Waals surface area contributed by atoms with Crippen molar-refractivity contribution in [1.29, 1.82) is 0 Å². The minimum atomic E-state index is 0.618. The molecule has 12 heavy (non-hydrogen) atoms. The Balaban J connectivity index is 2.53. The molecule has 2 rings (SSSR count). The highest BCUT2D eigenvalue weighted by atomic mass is 79.9. The van der Waals surface area contributed by atoms with Gasteiger partial charge in [-0.15, -0.1) is 0 Å². The van der Waals surface area contributed by atoms with Crippen LogP contribution in [0.15, 0.2) is 21.1 Å². The summed E-state index contributed by atoms with van der Waals surface area (Å²) in [6.07, 6.45) is 0. The molecule has 2 nitrogen and oxygen atoms in total. The van der Waals surface area contributed by atoms with Crippen LogP contribution in [0.1, 0.15) is 0 Å². The molecule has 0 fully saturated rings. The largest absolute Gasteiger partial charge is 0.486 e. The van der Waals surface area contributed by atoms with Gasteiger partial charge in [-0.2, -0.15) is 0 Å². The summed E-state index contributed by atoms with van der Waals surface area (Å²) in [6, 6.07) is 3.84. The minimum Gasteiger partial charge on any atom is -0.486 e. The summed E-state index contributed by atoms with van der Waals surface area (Å²) < 4.78 is 12.7. The van der Waals surface area contributed by atoms with Crippen molar-refractivity contribution in [2.45, 2.75) is 0 Å². The van der Waals surface area contributed by atoms with Crippen LogP contribution in [-0.4, -0.2) is 13.2 Å². The number of fused-ring (bicyclic) bond motifs is 1. The van der Waals surface area contributed by atoms with Crippen molar-refractivity contribution in [2.24, 2.45) is 0 Å². The van der Waals surface area contributed by atoms with E-state index in [0.29, 0.717) is 13.2 Å². The Morgan fingerprint density at radius 1 is 1.08 bits per heavy atom. The molecule has 1 aliphatic rings. The zero-order valence-electron chi connectivity index (χ0n) is 6.14. The lowest BCUT2D eigenvalue weighted by Gasteiger charge is -2.19. The fraction of sp³-hybridized carbons (Fsp3) is 0.250. The van der Waals surface area contributed by atoms with Crippen LogP contribution in [0.5, 0.6) is 11.5 Å². The van der Waals surface area contributed by atoms with Crippen molar-refractivity contribution in [3.8, 4) is 11.5 Å². The summed E-state index contributed by atoms with van der Waals surface area (Å²) in [5, 5.41) is 0. The maximum absolute atomic E-state index is 5.42. The zero-order valence-corrected chi connectivity index (χ0v) is 9.31. The molecular weight excluding hydrogens is 288 g/mol. The molecule has 0 saturated carbocycles. The van der Waals surface area contributed by atoms with Gasteiger partial charge in [-0.05, 0) is 28.1 Å². The third-order valence-corrected chi connectivity index (χ3v) is 2.61. The Kier molecular flexibility index (Phi) is 2.28. The van der Waals surface area contributed by atoms with Crippen molar-refractivity contribution in [3.63, 3.8) is 0 Å². The average Bonchev–Trinajstić information content (AvgIpc) is 2.04. The molecule has 0 bridgehead atoms. The fourth-order valence-electron chi connectivity index (χ4n) is 1.08. The highest BCUT2D eigenvalue weighted by Gasteiger charge is 2.15. The summed E-state index contributed by atoms with van der Waals surface area (Å²) in [5.74, 6) is 1.59. The SMILES string of the molecule is Brc1cc(Br)c2c(c1)OCCO2. The zero-order chi connectivity index (χ0) is 8.55. The van der Waals surface area contributed by atoms with Crippen LogP contribution < -0.4 is 9.47 Å². The van der Waals surface area contributed by atoms with E-state index in [1.807, 2.05) is 12.1 Å². The Morgan fingerprint density at radius 3 is 2.67 bits per heavy atom. The summed E-state index contributed by atoms with van der Waals surface area (Å²) in [5.41, 5.74) is 0.